The molecule has 0 N–H and O–H groups in total. The van der Waals surface area contributed by atoms with E-state index in [0.29, 0.717) is 5.92 Å². The van der Waals surface area contributed by atoms with E-state index < -0.39 is 0 Å². The van der Waals surface area contributed by atoms with Gasteiger partial charge in [-0.3, -0.25) is 19.3 Å². The summed E-state index contributed by atoms with van der Waals surface area (Å²) < 4.78 is 3.87. The Hall–Kier alpha value is -2.15. The van der Waals surface area contributed by atoms with E-state index >= 15 is 0 Å². The van der Waals surface area contributed by atoms with E-state index in [1.54, 1.807) is 4.68 Å². The molecular formula is C19H28N6O. The molecule has 0 radical (unpaired) electrons. The zero-order valence-corrected chi connectivity index (χ0v) is 15.7. The first-order chi connectivity index (χ1) is 12.6. The van der Waals surface area contributed by atoms with Gasteiger partial charge in [0.15, 0.2) is 5.82 Å². The van der Waals surface area contributed by atoms with E-state index in [0.717, 1.165) is 57.6 Å². The lowest BCUT2D eigenvalue weighted by Gasteiger charge is -2.41. The van der Waals surface area contributed by atoms with Crippen LogP contribution in [0.25, 0.3) is 0 Å². The van der Waals surface area contributed by atoms with Crippen LogP contribution in [0.15, 0.2) is 24.7 Å². The molecule has 7 heteroatoms. The summed E-state index contributed by atoms with van der Waals surface area (Å²) in [5, 5.41) is 4.42. The first-order valence-electron chi connectivity index (χ1n) is 9.63. The third-order valence-corrected chi connectivity index (χ3v) is 5.87. The maximum Gasteiger partial charge on any atom is 0.245 e. The lowest BCUT2D eigenvalue weighted by molar-refractivity contribution is -0.126. The van der Waals surface area contributed by atoms with Gasteiger partial charge >= 0.3 is 0 Å². The van der Waals surface area contributed by atoms with Crippen molar-refractivity contribution in [2.24, 2.45) is 20.0 Å². The fourth-order valence-corrected chi connectivity index (χ4v) is 4.29. The predicted molar refractivity (Wildman–Crippen MR) is 99.8 cm³/mol. The molecule has 7 nitrogen and oxygen atoms in total. The largest absolute Gasteiger partial charge is 0.338 e. The monoisotopic (exact) mass is 356 g/mol. The topological polar surface area (TPSA) is 59.2 Å². The zero-order valence-electron chi connectivity index (χ0n) is 15.7. The maximum absolute atomic E-state index is 13.0. The van der Waals surface area contributed by atoms with Crippen molar-refractivity contribution in [3.63, 3.8) is 0 Å². The summed E-state index contributed by atoms with van der Waals surface area (Å²) in [6.07, 6.45) is 11.1. The smallest absolute Gasteiger partial charge is 0.245 e. The van der Waals surface area contributed by atoms with E-state index in [4.69, 9.17) is 0 Å². The Morgan fingerprint density at radius 2 is 1.92 bits per heavy atom. The molecule has 26 heavy (non-hydrogen) atoms. The van der Waals surface area contributed by atoms with Gasteiger partial charge in [-0.1, -0.05) is 0 Å². The summed E-state index contributed by atoms with van der Waals surface area (Å²) in [7, 11) is 3.95. The second-order valence-electron chi connectivity index (χ2n) is 7.63. The van der Waals surface area contributed by atoms with Crippen LogP contribution in [0, 0.1) is 5.92 Å². The minimum Gasteiger partial charge on any atom is -0.338 e. The van der Waals surface area contributed by atoms with Gasteiger partial charge in [0.05, 0.1) is 6.04 Å². The second-order valence-corrected chi connectivity index (χ2v) is 7.63. The summed E-state index contributed by atoms with van der Waals surface area (Å²) in [4.78, 5) is 21.8. The summed E-state index contributed by atoms with van der Waals surface area (Å²) in [5.41, 5.74) is 0. The van der Waals surface area contributed by atoms with Crippen molar-refractivity contribution in [2.45, 2.75) is 38.1 Å². The van der Waals surface area contributed by atoms with Gasteiger partial charge in [0.2, 0.25) is 5.91 Å². The van der Waals surface area contributed by atoms with Gasteiger partial charge in [-0.25, -0.2) is 4.98 Å². The molecule has 0 spiro atoms. The summed E-state index contributed by atoms with van der Waals surface area (Å²) in [5.74, 6) is 2.83. The predicted octanol–water partition coefficient (Wildman–Crippen LogP) is 1.60. The number of imidazole rings is 1. The van der Waals surface area contributed by atoms with E-state index in [-0.39, 0.29) is 11.9 Å². The Morgan fingerprint density at radius 3 is 2.58 bits per heavy atom. The molecule has 4 rings (SSSR count). The van der Waals surface area contributed by atoms with E-state index in [9.17, 15) is 4.79 Å². The fraction of sp³-hybridized carbons (Fsp3) is 0.632. The van der Waals surface area contributed by atoms with Gasteiger partial charge < -0.3 is 4.57 Å². The maximum atomic E-state index is 13.0. The van der Waals surface area contributed by atoms with Crippen LogP contribution in [0.5, 0.6) is 0 Å². The Morgan fingerprint density at radius 1 is 1.12 bits per heavy atom. The number of nitrogens with zero attached hydrogens (tertiary/aromatic N) is 6. The highest BCUT2D eigenvalue weighted by Crippen LogP contribution is 2.27. The number of carbonyl (C=O) groups is 1. The normalized spacial score (nSPS) is 22.9. The Bertz CT molecular complexity index is 758. The lowest BCUT2D eigenvalue weighted by Crippen LogP contribution is -2.54. The van der Waals surface area contributed by atoms with Gasteiger partial charge in [0.25, 0.3) is 0 Å². The molecular weight excluding hydrogens is 328 g/mol. The number of rotatable bonds is 4. The second kappa shape index (κ2) is 7.23. The average Bonchev–Trinajstić information content (AvgIpc) is 3.25. The van der Waals surface area contributed by atoms with Crippen LogP contribution in [0.4, 0.5) is 5.82 Å². The molecule has 2 fully saturated rings. The number of amides is 1. The minimum atomic E-state index is 0.0138. The molecule has 0 bridgehead atoms. The summed E-state index contributed by atoms with van der Waals surface area (Å²) >= 11 is 0. The standard InChI is InChI=1S/C19H28N6O/c1-22-13-8-20-18(22)14-15-5-11-24(12-6-15)16-4-3-9-25(19(16)26)17-7-10-23(2)21-17/h7-8,10,13,15-16H,3-6,9,11-12,14H2,1-2H3. The van der Waals surface area contributed by atoms with Gasteiger partial charge in [0, 0.05) is 51.7 Å². The van der Waals surface area contributed by atoms with Gasteiger partial charge in [-0.15, -0.1) is 0 Å². The van der Waals surface area contributed by atoms with Crippen LogP contribution >= 0.6 is 0 Å². The molecule has 2 aromatic heterocycles. The van der Waals surface area contributed by atoms with Crippen LogP contribution < -0.4 is 4.90 Å². The minimum absolute atomic E-state index is 0.0138. The molecule has 0 aromatic carbocycles. The molecule has 2 aliphatic heterocycles. The van der Waals surface area contributed by atoms with Crippen LogP contribution in [0.3, 0.4) is 0 Å². The number of piperidine rings is 2. The molecule has 1 amide bonds. The zero-order chi connectivity index (χ0) is 18.1. The van der Waals surface area contributed by atoms with E-state index in [2.05, 4.69) is 26.6 Å². The number of anilines is 1. The summed E-state index contributed by atoms with van der Waals surface area (Å²) in [6, 6.07) is 1.94. The van der Waals surface area contributed by atoms with Crippen LogP contribution in [-0.4, -0.2) is 55.8 Å². The molecule has 2 saturated heterocycles. The molecule has 1 unspecified atom stereocenters. The van der Waals surface area contributed by atoms with Crippen LogP contribution in [0.2, 0.25) is 0 Å². The molecule has 2 aliphatic rings. The highest BCUT2D eigenvalue weighted by molar-refractivity contribution is 5.97. The quantitative estimate of drug-likeness (QED) is 0.835. The van der Waals surface area contributed by atoms with Crippen molar-refractivity contribution >= 4 is 11.7 Å². The van der Waals surface area contributed by atoms with Crippen LogP contribution in [0.1, 0.15) is 31.5 Å². The van der Waals surface area contributed by atoms with Crippen molar-refractivity contribution in [1.29, 1.82) is 0 Å². The van der Waals surface area contributed by atoms with Crippen molar-refractivity contribution < 1.29 is 4.79 Å². The van der Waals surface area contributed by atoms with Crippen molar-refractivity contribution in [2.75, 3.05) is 24.5 Å². The average molecular weight is 356 g/mol. The first-order valence-corrected chi connectivity index (χ1v) is 9.63. The molecule has 4 heterocycles. The first kappa shape index (κ1) is 17.3. The number of likely N-dealkylation sites (tertiary alicyclic amines) is 1. The number of hydrogen-bond acceptors (Lipinski definition) is 4. The number of hydrogen-bond donors (Lipinski definition) is 0. The molecule has 0 saturated carbocycles. The highest BCUT2D eigenvalue weighted by atomic mass is 16.2. The Kier molecular flexibility index (Phi) is 4.80. The van der Waals surface area contributed by atoms with Gasteiger partial charge in [-0.2, -0.15) is 5.10 Å². The van der Waals surface area contributed by atoms with Gasteiger partial charge in [0.1, 0.15) is 5.82 Å². The van der Waals surface area contributed by atoms with E-state index in [1.807, 2.05) is 36.6 Å². The fourth-order valence-electron chi connectivity index (χ4n) is 4.29. The summed E-state index contributed by atoms with van der Waals surface area (Å²) in [6.45, 7) is 2.78. The van der Waals surface area contributed by atoms with Crippen molar-refractivity contribution in [3.05, 3.63) is 30.5 Å². The molecule has 140 valence electrons. The number of aromatic nitrogens is 4. The number of aryl methyl sites for hydroxylation is 2. The highest BCUT2D eigenvalue weighted by Gasteiger charge is 2.36. The Labute approximate surface area is 154 Å². The van der Waals surface area contributed by atoms with E-state index in [1.165, 1.54) is 5.82 Å². The SMILES string of the molecule is Cn1ccc(N2CCCC(N3CCC(Cc4nccn4C)CC3)C2=O)n1. The van der Waals surface area contributed by atoms with Gasteiger partial charge in [-0.05, 0) is 44.7 Å². The number of carbonyl (C=O) groups excluding carboxylic acids is 1. The third-order valence-electron chi connectivity index (χ3n) is 5.87. The molecule has 0 aliphatic carbocycles. The molecule has 2 aromatic rings. The van der Waals surface area contributed by atoms with Crippen molar-refractivity contribution in [3.8, 4) is 0 Å². The van der Waals surface area contributed by atoms with Crippen molar-refractivity contribution in [1.82, 2.24) is 24.2 Å². The Balaban J connectivity index is 1.36. The van der Waals surface area contributed by atoms with Crippen LogP contribution in [-0.2, 0) is 25.3 Å². The lowest BCUT2D eigenvalue weighted by atomic mass is 9.91. The third kappa shape index (κ3) is 3.40. The molecule has 1 atom stereocenters.